The molecule has 4 rings (SSSR count). The van der Waals surface area contributed by atoms with Crippen molar-refractivity contribution in [1.29, 1.82) is 0 Å². The van der Waals surface area contributed by atoms with E-state index in [0.717, 1.165) is 22.8 Å². The molecule has 226 valence electrons. The van der Waals surface area contributed by atoms with Crippen LogP contribution in [-0.2, 0) is 4.79 Å². The van der Waals surface area contributed by atoms with E-state index in [1.54, 1.807) is 18.9 Å². The summed E-state index contributed by atoms with van der Waals surface area (Å²) in [6.45, 7) is 3.04. The molecule has 10 nitrogen and oxygen atoms in total. The van der Waals surface area contributed by atoms with Gasteiger partial charge in [0.15, 0.2) is 23.0 Å². The number of nitrogens with zero attached hydrogens (tertiary/aromatic N) is 5. The third-order valence-corrected chi connectivity index (χ3v) is 6.42. The van der Waals surface area contributed by atoms with Crippen LogP contribution in [0, 0.1) is 18.6 Å². The predicted octanol–water partition coefficient (Wildman–Crippen LogP) is 4.83. The molecule has 2 aromatic heterocycles. The first-order chi connectivity index (χ1) is 20.4. The van der Waals surface area contributed by atoms with Crippen LogP contribution in [0.4, 0.5) is 40.6 Å². The smallest absolute Gasteiger partial charge is 0.387 e. The molecule has 0 aliphatic carbocycles. The van der Waals surface area contributed by atoms with Gasteiger partial charge in [-0.15, -0.1) is 0 Å². The van der Waals surface area contributed by atoms with Gasteiger partial charge in [0, 0.05) is 49.9 Å². The number of carbonyl (C=O) groups is 1. The number of aromatic nitrogens is 3. The lowest BCUT2D eigenvalue weighted by atomic mass is 10.2. The minimum Gasteiger partial charge on any atom is -0.433 e. The highest BCUT2D eigenvalue weighted by atomic mass is 19.3. The Bertz CT molecular complexity index is 1740. The number of hydrogen-bond acceptors (Lipinski definition) is 8. The molecule has 0 fully saturated rings. The van der Waals surface area contributed by atoms with Gasteiger partial charge in [-0.1, -0.05) is 6.58 Å². The molecule has 2 aromatic carbocycles. The summed E-state index contributed by atoms with van der Waals surface area (Å²) < 4.78 is 60.6. The van der Waals surface area contributed by atoms with Gasteiger partial charge in [-0.05, 0) is 50.9 Å². The van der Waals surface area contributed by atoms with Gasteiger partial charge in [0.2, 0.25) is 11.9 Å². The van der Waals surface area contributed by atoms with Gasteiger partial charge >= 0.3 is 6.61 Å². The number of amides is 1. The lowest BCUT2D eigenvalue weighted by Gasteiger charge is -2.26. The monoisotopic (exact) mass is 599 g/mol. The second-order valence-electron chi connectivity index (χ2n) is 9.82. The van der Waals surface area contributed by atoms with E-state index in [1.807, 2.05) is 19.0 Å². The van der Waals surface area contributed by atoms with Crippen molar-refractivity contribution >= 4 is 40.0 Å². The third kappa shape index (κ3) is 7.09. The molecule has 0 radical (unpaired) electrons. The van der Waals surface area contributed by atoms with Crippen molar-refractivity contribution in [3.63, 3.8) is 0 Å². The first kappa shape index (κ1) is 31.0. The number of aryl methyl sites for hydroxylation is 1. The van der Waals surface area contributed by atoms with Crippen LogP contribution >= 0.6 is 0 Å². The fourth-order valence-electron chi connectivity index (χ4n) is 4.24. The first-order valence-electron chi connectivity index (χ1n) is 12.9. The highest BCUT2D eigenvalue weighted by Crippen LogP contribution is 2.39. The normalized spacial score (nSPS) is 11.2. The Hall–Kier alpha value is -4.98. The average Bonchev–Trinajstić information content (AvgIpc) is 2.94. The van der Waals surface area contributed by atoms with Gasteiger partial charge in [0.25, 0.3) is 5.56 Å². The Kier molecular flexibility index (Phi) is 9.29. The first-order valence-corrected chi connectivity index (χ1v) is 12.9. The second kappa shape index (κ2) is 12.9. The number of fused-ring (bicyclic) bond motifs is 1. The minimum absolute atomic E-state index is 0.0137. The SMILES string of the molecule is C=CC(=O)Nc1cc(Nc2ncc3c(C)cc(=O)n(-c4ccc(F)c(F)c4)c3n2)c(OC(F)F)cc1N(C)CCN(C)C. The van der Waals surface area contributed by atoms with Gasteiger partial charge < -0.3 is 25.2 Å². The Morgan fingerprint density at radius 2 is 1.84 bits per heavy atom. The number of carbonyl (C=O) groups excluding carboxylic acids is 1. The summed E-state index contributed by atoms with van der Waals surface area (Å²) in [5.74, 6) is -3.20. The number of alkyl halides is 2. The standard InChI is InChI=1S/C29H29F4N7O3/c1-6-25(41)35-21-13-22(24(43-28(32)33)14-23(21)39(5)10-9-38(3)4)36-29-34-15-18-16(2)11-26(42)40(27(18)37-29)17-7-8-19(30)20(31)12-17/h6-8,11-15,28H,1,9-10H2,2-5H3,(H,35,41)(H,34,36,37). The summed E-state index contributed by atoms with van der Waals surface area (Å²) >= 11 is 0. The van der Waals surface area contributed by atoms with Gasteiger partial charge in [0.1, 0.15) is 0 Å². The largest absolute Gasteiger partial charge is 0.433 e. The maximum atomic E-state index is 14.1. The number of benzene rings is 2. The van der Waals surface area contributed by atoms with Gasteiger partial charge in [0.05, 0.1) is 22.7 Å². The van der Waals surface area contributed by atoms with Crippen LogP contribution < -0.4 is 25.8 Å². The van der Waals surface area contributed by atoms with Crippen molar-refractivity contribution in [2.24, 2.45) is 0 Å². The number of nitrogens with one attached hydrogen (secondary N) is 2. The van der Waals surface area contributed by atoms with E-state index in [-0.39, 0.29) is 34.4 Å². The topological polar surface area (TPSA) is 105 Å². The van der Waals surface area contributed by atoms with E-state index >= 15 is 0 Å². The van der Waals surface area contributed by atoms with Crippen molar-refractivity contribution in [1.82, 2.24) is 19.4 Å². The van der Waals surface area contributed by atoms with Crippen molar-refractivity contribution in [2.45, 2.75) is 13.5 Å². The Morgan fingerprint density at radius 1 is 1.09 bits per heavy atom. The van der Waals surface area contributed by atoms with E-state index < -0.39 is 29.7 Å². The molecule has 0 saturated carbocycles. The molecular weight excluding hydrogens is 570 g/mol. The molecule has 2 heterocycles. The molecule has 0 unspecified atom stereocenters. The average molecular weight is 600 g/mol. The summed E-state index contributed by atoms with van der Waals surface area (Å²) in [7, 11) is 5.49. The van der Waals surface area contributed by atoms with E-state index in [0.29, 0.717) is 29.7 Å². The lowest BCUT2D eigenvalue weighted by Crippen LogP contribution is -2.29. The highest BCUT2D eigenvalue weighted by molar-refractivity contribution is 6.02. The van der Waals surface area contributed by atoms with E-state index in [2.05, 4.69) is 27.2 Å². The summed E-state index contributed by atoms with van der Waals surface area (Å²) in [5, 5.41) is 5.92. The number of pyridine rings is 1. The zero-order valence-electron chi connectivity index (χ0n) is 23.8. The number of likely N-dealkylation sites (N-methyl/N-ethyl adjacent to an activating group) is 2. The molecule has 0 atom stereocenters. The fraction of sp³-hybridized carbons (Fsp3) is 0.241. The van der Waals surface area contributed by atoms with Crippen molar-refractivity contribution in [3.8, 4) is 11.4 Å². The molecule has 0 bridgehead atoms. The molecule has 2 N–H and O–H groups in total. The van der Waals surface area contributed by atoms with Gasteiger partial charge in [-0.3, -0.25) is 14.2 Å². The summed E-state index contributed by atoms with van der Waals surface area (Å²) in [6.07, 6.45) is 2.46. The fourth-order valence-corrected chi connectivity index (χ4v) is 4.24. The summed E-state index contributed by atoms with van der Waals surface area (Å²) in [6, 6.07) is 6.98. The predicted molar refractivity (Wildman–Crippen MR) is 157 cm³/mol. The maximum Gasteiger partial charge on any atom is 0.387 e. The number of anilines is 4. The second-order valence-corrected chi connectivity index (χ2v) is 9.82. The molecule has 4 aromatic rings. The van der Waals surface area contributed by atoms with Crippen LogP contribution in [0.5, 0.6) is 5.75 Å². The van der Waals surface area contributed by atoms with Crippen LogP contribution in [0.3, 0.4) is 0 Å². The van der Waals surface area contributed by atoms with Crippen molar-refractivity contribution in [2.75, 3.05) is 49.8 Å². The molecule has 0 spiro atoms. The van der Waals surface area contributed by atoms with Crippen LogP contribution in [0.1, 0.15) is 5.56 Å². The number of ether oxygens (including phenoxy) is 1. The molecule has 0 saturated heterocycles. The summed E-state index contributed by atoms with van der Waals surface area (Å²) in [4.78, 5) is 37.6. The Morgan fingerprint density at radius 3 is 2.49 bits per heavy atom. The zero-order valence-corrected chi connectivity index (χ0v) is 23.8. The third-order valence-electron chi connectivity index (χ3n) is 6.42. The van der Waals surface area contributed by atoms with Crippen LogP contribution in [0.2, 0.25) is 0 Å². The van der Waals surface area contributed by atoms with E-state index in [9.17, 15) is 27.2 Å². The van der Waals surface area contributed by atoms with Gasteiger partial charge in [-0.2, -0.15) is 13.8 Å². The van der Waals surface area contributed by atoms with Crippen molar-refractivity contribution < 1.29 is 27.1 Å². The van der Waals surface area contributed by atoms with Crippen LogP contribution in [0.15, 0.2) is 60.0 Å². The molecule has 14 heteroatoms. The molecule has 0 aliphatic heterocycles. The molecule has 0 aliphatic rings. The highest BCUT2D eigenvalue weighted by Gasteiger charge is 2.20. The number of halogens is 4. The zero-order chi connectivity index (χ0) is 31.4. The van der Waals surface area contributed by atoms with Gasteiger partial charge in [-0.25, -0.2) is 13.8 Å². The van der Waals surface area contributed by atoms with E-state index in [4.69, 9.17) is 4.74 Å². The Labute approximate surface area is 244 Å². The summed E-state index contributed by atoms with van der Waals surface area (Å²) in [5.41, 5.74) is 0.627. The molecule has 1 amide bonds. The maximum absolute atomic E-state index is 14.1. The quantitative estimate of drug-likeness (QED) is 0.187. The molecular formula is C29H29F4N7O3. The molecule has 43 heavy (non-hydrogen) atoms. The lowest BCUT2D eigenvalue weighted by molar-refractivity contribution is -0.111. The number of rotatable bonds is 11. The van der Waals surface area contributed by atoms with Crippen LogP contribution in [0.25, 0.3) is 16.7 Å². The Balaban J connectivity index is 1.86. The number of hydrogen-bond donors (Lipinski definition) is 2. The van der Waals surface area contributed by atoms with Crippen molar-refractivity contribution in [3.05, 3.63) is 82.8 Å². The van der Waals surface area contributed by atoms with E-state index in [1.165, 1.54) is 30.5 Å². The minimum atomic E-state index is -3.19. The van der Waals surface area contributed by atoms with Crippen LogP contribution in [-0.4, -0.2) is 66.2 Å².